The summed E-state index contributed by atoms with van der Waals surface area (Å²) in [7, 11) is 1.27. The molecular weight excluding hydrogens is 640 g/mol. The van der Waals surface area contributed by atoms with Gasteiger partial charge in [-0.2, -0.15) is 13.2 Å². The fourth-order valence-corrected chi connectivity index (χ4v) is 5.47. The number of aryl methyl sites for hydroxylation is 2. The summed E-state index contributed by atoms with van der Waals surface area (Å²) in [6.45, 7) is 0.315. The van der Waals surface area contributed by atoms with Gasteiger partial charge in [-0.25, -0.2) is 27.3 Å². The van der Waals surface area contributed by atoms with Crippen LogP contribution in [0, 0.1) is 24.4 Å². The van der Waals surface area contributed by atoms with Gasteiger partial charge in [0.25, 0.3) is 11.5 Å². The molecule has 248 valence electrons. The van der Waals surface area contributed by atoms with Gasteiger partial charge in [0.15, 0.2) is 11.6 Å². The molecule has 5 rings (SSSR count). The zero-order chi connectivity index (χ0) is 34.4. The smallest absolute Gasteiger partial charge is 0.411 e. The quantitative estimate of drug-likeness (QED) is 0.288. The van der Waals surface area contributed by atoms with E-state index in [1.165, 1.54) is 32.4 Å². The van der Waals surface area contributed by atoms with E-state index in [1.807, 2.05) is 0 Å². The highest BCUT2D eigenvalue weighted by Crippen LogP contribution is 2.33. The lowest BCUT2D eigenvalue weighted by Crippen LogP contribution is -2.53. The van der Waals surface area contributed by atoms with Gasteiger partial charge in [-0.3, -0.25) is 19.1 Å². The van der Waals surface area contributed by atoms with Crippen LogP contribution in [0.3, 0.4) is 0 Å². The number of ether oxygens (including phenoxy) is 1. The predicted molar refractivity (Wildman–Crippen MR) is 154 cm³/mol. The van der Waals surface area contributed by atoms with E-state index >= 15 is 13.2 Å². The number of halogens is 6. The summed E-state index contributed by atoms with van der Waals surface area (Å²) >= 11 is 0. The summed E-state index contributed by atoms with van der Waals surface area (Å²) in [4.78, 5) is 55.7. The minimum Gasteiger partial charge on any atom is -0.480 e. The molecule has 11 nitrogen and oxygen atoms in total. The molecule has 17 heteroatoms. The lowest BCUT2D eigenvalue weighted by Gasteiger charge is -2.38. The van der Waals surface area contributed by atoms with Gasteiger partial charge in [-0.05, 0) is 48.4 Å². The number of rotatable bonds is 7. The van der Waals surface area contributed by atoms with Gasteiger partial charge in [0, 0.05) is 31.9 Å². The Bertz CT molecular complexity index is 1980. The van der Waals surface area contributed by atoms with Crippen LogP contribution in [0.5, 0.6) is 0 Å². The number of pyridine rings is 1. The molecule has 0 spiro atoms. The van der Waals surface area contributed by atoms with E-state index < -0.39 is 83.1 Å². The summed E-state index contributed by atoms with van der Waals surface area (Å²) in [5.74, 6) is -6.91. The summed E-state index contributed by atoms with van der Waals surface area (Å²) in [5, 5.41) is 11.8. The molecule has 2 aromatic carbocycles. The number of alkyl halides is 3. The van der Waals surface area contributed by atoms with Crippen molar-refractivity contribution in [2.75, 3.05) is 24.7 Å². The van der Waals surface area contributed by atoms with Gasteiger partial charge in [-0.1, -0.05) is 0 Å². The predicted octanol–water partition coefficient (Wildman–Crippen LogP) is 3.00. The SMILES string of the molecule is Cc1cc(N2CCOC[C@@H]2C(F)(F)F)cc(F)c1C(=O)N[C@@H](Cc1cc(F)c(-n2c(=O)c3ccncc3n(C)c2=O)c(F)c1)C(=O)O. The first-order chi connectivity index (χ1) is 22.1. The average Bonchev–Trinajstić information content (AvgIpc) is 3.00. The minimum atomic E-state index is -4.69. The summed E-state index contributed by atoms with van der Waals surface area (Å²) in [6, 6.07) is 0.587. The van der Waals surface area contributed by atoms with E-state index in [9.17, 15) is 37.5 Å². The molecule has 3 heterocycles. The normalized spacial score (nSPS) is 15.9. The second-order valence-corrected chi connectivity index (χ2v) is 10.8. The number of carboxylic acid groups (broad SMARTS) is 1. The first-order valence-electron chi connectivity index (χ1n) is 13.9. The molecule has 2 atom stereocenters. The maximum Gasteiger partial charge on any atom is 0.411 e. The van der Waals surface area contributed by atoms with Gasteiger partial charge in [0.1, 0.15) is 23.6 Å². The van der Waals surface area contributed by atoms with Crippen LogP contribution in [-0.2, 0) is 23.0 Å². The number of carbonyl (C=O) groups is 2. The number of anilines is 1. The van der Waals surface area contributed by atoms with Crippen molar-refractivity contribution in [3.63, 3.8) is 0 Å². The van der Waals surface area contributed by atoms with Gasteiger partial charge >= 0.3 is 17.8 Å². The topological polar surface area (TPSA) is 136 Å². The maximum atomic E-state index is 15.3. The van der Waals surface area contributed by atoms with Crippen LogP contribution in [0.25, 0.3) is 16.6 Å². The number of aromatic nitrogens is 3. The Kier molecular flexibility index (Phi) is 8.85. The van der Waals surface area contributed by atoms with Crippen LogP contribution < -0.4 is 21.5 Å². The van der Waals surface area contributed by atoms with Crippen LogP contribution >= 0.6 is 0 Å². The number of nitrogens with one attached hydrogen (secondary N) is 1. The number of nitrogens with zero attached hydrogens (tertiary/aromatic N) is 4. The Hall–Kier alpha value is -5.19. The standard InChI is InChI=1S/C30H25F6N5O6/c1-14-7-16(40-5-6-47-13-23(40)30(34,35)36)11-18(31)24(14)26(42)38-21(28(44)45)10-15-8-19(32)25(20(33)9-15)41-27(43)17-3-4-37-12-22(17)39(2)29(41)46/h3-4,7-9,11-12,21,23H,5-6,10,13H2,1-2H3,(H,38,42)(H,44,45)/t21-,23+/m0/s1. The number of amides is 1. The highest BCUT2D eigenvalue weighted by Gasteiger charge is 2.45. The van der Waals surface area contributed by atoms with Crippen molar-refractivity contribution in [1.29, 1.82) is 0 Å². The molecule has 0 radical (unpaired) electrons. The fraction of sp³-hybridized carbons (Fsp3) is 0.300. The van der Waals surface area contributed by atoms with Crippen molar-refractivity contribution in [3.8, 4) is 5.69 Å². The molecular formula is C30H25F6N5O6. The third-order valence-corrected chi connectivity index (χ3v) is 7.75. The number of morpholine rings is 1. The largest absolute Gasteiger partial charge is 0.480 e. The minimum absolute atomic E-state index is 0.0503. The Morgan fingerprint density at radius 1 is 1.11 bits per heavy atom. The van der Waals surface area contributed by atoms with Gasteiger partial charge in [-0.15, -0.1) is 0 Å². The van der Waals surface area contributed by atoms with Crippen LogP contribution in [-0.4, -0.2) is 69.1 Å². The monoisotopic (exact) mass is 665 g/mol. The Balaban J connectivity index is 1.42. The lowest BCUT2D eigenvalue weighted by molar-refractivity contribution is -0.167. The first-order valence-corrected chi connectivity index (χ1v) is 13.9. The molecule has 1 aliphatic heterocycles. The Labute approximate surface area is 260 Å². The molecule has 1 amide bonds. The van der Waals surface area contributed by atoms with Gasteiger partial charge in [0.05, 0.1) is 35.9 Å². The van der Waals surface area contributed by atoms with Crippen molar-refractivity contribution in [2.45, 2.75) is 31.6 Å². The highest BCUT2D eigenvalue weighted by atomic mass is 19.4. The molecule has 1 fully saturated rings. The van der Waals surface area contributed by atoms with Gasteiger partial charge < -0.3 is 20.1 Å². The van der Waals surface area contributed by atoms with Crippen molar-refractivity contribution < 1.29 is 45.8 Å². The third-order valence-electron chi connectivity index (χ3n) is 7.75. The Morgan fingerprint density at radius 3 is 2.40 bits per heavy atom. The number of hydrogen-bond donors (Lipinski definition) is 2. The van der Waals surface area contributed by atoms with E-state index in [1.54, 1.807) is 0 Å². The molecule has 1 aliphatic rings. The molecule has 2 aromatic heterocycles. The number of carboxylic acids is 1. The maximum absolute atomic E-state index is 15.3. The zero-order valence-electron chi connectivity index (χ0n) is 24.6. The molecule has 4 aromatic rings. The van der Waals surface area contributed by atoms with E-state index in [2.05, 4.69) is 10.3 Å². The highest BCUT2D eigenvalue weighted by molar-refractivity contribution is 5.98. The van der Waals surface area contributed by atoms with Gasteiger partial charge in [0.2, 0.25) is 0 Å². The fourth-order valence-electron chi connectivity index (χ4n) is 5.47. The van der Waals surface area contributed by atoms with E-state index in [0.29, 0.717) is 12.1 Å². The van der Waals surface area contributed by atoms with E-state index in [0.717, 1.165) is 21.6 Å². The van der Waals surface area contributed by atoms with Crippen molar-refractivity contribution >= 4 is 28.5 Å². The van der Waals surface area contributed by atoms with Crippen LogP contribution in [0.2, 0.25) is 0 Å². The molecule has 0 bridgehead atoms. The van der Waals surface area contributed by atoms with Crippen molar-refractivity contribution in [1.82, 2.24) is 19.4 Å². The molecule has 47 heavy (non-hydrogen) atoms. The molecule has 0 saturated carbocycles. The summed E-state index contributed by atoms with van der Waals surface area (Å²) in [6.07, 6.45) is -2.92. The molecule has 2 N–H and O–H groups in total. The summed E-state index contributed by atoms with van der Waals surface area (Å²) in [5.41, 5.74) is -4.23. The Morgan fingerprint density at radius 2 is 1.79 bits per heavy atom. The second kappa shape index (κ2) is 12.5. The average molecular weight is 666 g/mol. The number of hydrogen-bond acceptors (Lipinski definition) is 7. The molecule has 1 saturated heterocycles. The first kappa shape index (κ1) is 33.2. The number of aliphatic carboxylic acids is 1. The number of benzene rings is 2. The molecule has 0 aliphatic carbocycles. The third kappa shape index (κ3) is 6.30. The van der Waals surface area contributed by atoms with E-state index in [-0.39, 0.29) is 45.4 Å². The second-order valence-electron chi connectivity index (χ2n) is 10.8. The summed E-state index contributed by atoms with van der Waals surface area (Å²) < 4.78 is 92.7. The molecule has 0 unspecified atom stereocenters. The lowest BCUT2D eigenvalue weighted by atomic mass is 10.0. The number of carbonyl (C=O) groups excluding carboxylic acids is 1. The zero-order valence-corrected chi connectivity index (χ0v) is 24.6. The van der Waals surface area contributed by atoms with Crippen LogP contribution in [0.1, 0.15) is 21.5 Å². The van der Waals surface area contributed by atoms with E-state index in [4.69, 9.17) is 4.74 Å². The van der Waals surface area contributed by atoms with Crippen molar-refractivity contribution in [3.05, 3.63) is 97.7 Å². The van der Waals surface area contributed by atoms with Crippen LogP contribution in [0.15, 0.2) is 52.3 Å². The number of fused-ring (bicyclic) bond motifs is 1. The van der Waals surface area contributed by atoms with Crippen LogP contribution in [0.4, 0.5) is 32.0 Å². The van der Waals surface area contributed by atoms with Crippen molar-refractivity contribution in [2.24, 2.45) is 7.05 Å².